The molecule has 0 fully saturated rings. The van der Waals surface area contributed by atoms with Gasteiger partial charge in [-0.2, -0.15) is 15.2 Å². The zero-order valence-corrected chi connectivity index (χ0v) is 12.4. The predicted octanol–water partition coefficient (Wildman–Crippen LogP) is 2.84. The van der Waals surface area contributed by atoms with Gasteiger partial charge in [-0.3, -0.25) is 0 Å². The van der Waals surface area contributed by atoms with E-state index in [1.165, 1.54) is 17.8 Å². The zero-order valence-electron chi connectivity index (χ0n) is 11.6. The molecule has 0 unspecified atom stereocenters. The maximum Gasteiger partial charge on any atom is 0.221 e. The van der Waals surface area contributed by atoms with E-state index in [0.717, 1.165) is 5.69 Å². The van der Waals surface area contributed by atoms with Crippen LogP contribution >= 0.6 is 11.8 Å². The van der Waals surface area contributed by atoms with Crippen molar-refractivity contribution in [2.75, 3.05) is 0 Å². The smallest absolute Gasteiger partial charge is 0.221 e. The van der Waals surface area contributed by atoms with E-state index in [9.17, 15) is 0 Å². The summed E-state index contributed by atoms with van der Waals surface area (Å²) in [6.07, 6.45) is 1.38. The summed E-state index contributed by atoms with van der Waals surface area (Å²) < 4.78 is 7.15. The molecule has 0 aliphatic rings. The first-order valence-corrected chi connectivity index (χ1v) is 7.25. The van der Waals surface area contributed by atoms with E-state index in [0.29, 0.717) is 16.0 Å². The second-order valence-corrected chi connectivity index (χ2v) is 5.22. The van der Waals surface area contributed by atoms with Crippen LogP contribution in [0.25, 0.3) is 11.8 Å². The van der Waals surface area contributed by atoms with Crippen LogP contribution in [0.4, 0.5) is 0 Å². The number of para-hydroxylation sites is 1. The van der Waals surface area contributed by atoms with Gasteiger partial charge in [-0.1, -0.05) is 18.2 Å². The van der Waals surface area contributed by atoms with Crippen molar-refractivity contribution in [2.45, 2.75) is 10.2 Å². The molecule has 23 heavy (non-hydrogen) atoms. The lowest BCUT2D eigenvalue weighted by atomic mass is 10.3. The molecule has 3 aromatic rings. The van der Waals surface area contributed by atoms with E-state index in [2.05, 4.69) is 15.5 Å². The molecular formula is C15H8N6OS. The predicted molar refractivity (Wildman–Crippen MR) is 81.2 cm³/mol. The molecule has 3 rings (SSSR count). The molecule has 0 N–H and O–H groups in total. The van der Waals surface area contributed by atoms with Crippen molar-refractivity contribution in [1.82, 2.24) is 20.2 Å². The van der Waals surface area contributed by atoms with Crippen LogP contribution in [0.3, 0.4) is 0 Å². The Morgan fingerprint density at radius 2 is 1.91 bits per heavy atom. The summed E-state index contributed by atoms with van der Waals surface area (Å²) in [5.41, 5.74) is 0.813. The topological polar surface area (TPSA) is 104 Å². The van der Waals surface area contributed by atoms with Gasteiger partial charge in [0.2, 0.25) is 5.16 Å². The molecule has 0 saturated carbocycles. The number of allylic oxidation sites excluding steroid dienone is 1. The van der Waals surface area contributed by atoms with E-state index in [1.54, 1.807) is 29.0 Å². The molecule has 0 bridgehead atoms. The Balaban J connectivity index is 1.84. The third-order valence-electron chi connectivity index (χ3n) is 2.76. The molecule has 2 aromatic heterocycles. The molecule has 0 aliphatic heterocycles. The number of tetrazole rings is 1. The van der Waals surface area contributed by atoms with Gasteiger partial charge in [-0.05, 0) is 46.5 Å². The van der Waals surface area contributed by atoms with Crippen molar-refractivity contribution in [2.24, 2.45) is 0 Å². The van der Waals surface area contributed by atoms with Gasteiger partial charge in [0.15, 0.2) is 5.09 Å². The number of rotatable bonds is 4. The summed E-state index contributed by atoms with van der Waals surface area (Å²) in [4.78, 5) is 0. The van der Waals surface area contributed by atoms with Crippen LogP contribution < -0.4 is 0 Å². The average Bonchev–Trinajstić information content (AvgIpc) is 3.23. The minimum Gasteiger partial charge on any atom is -0.450 e. The monoisotopic (exact) mass is 320 g/mol. The Morgan fingerprint density at radius 1 is 1.13 bits per heavy atom. The molecule has 1 aromatic carbocycles. The molecular weight excluding hydrogens is 312 g/mol. The maximum absolute atomic E-state index is 8.75. The van der Waals surface area contributed by atoms with Crippen LogP contribution in [0.5, 0.6) is 0 Å². The first-order chi connectivity index (χ1) is 11.3. The number of hydrogen-bond acceptors (Lipinski definition) is 7. The molecule has 0 atom stereocenters. The first kappa shape index (κ1) is 14.6. The fourth-order valence-electron chi connectivity index (χ4n) is 1.76. The third-order valence-corrected chi connectivity index (χ3v) is 3.62. The van der Waals surface area contributed by atoms with Gasteiger partial charge in [0, 0.05) is 6.08 Å². The Kier molecular flexibility index (Phi) is 4.18. The highest BCUT2D eigenvalue weighted by molar-refractivity contribution is 7.99. The van der Waals surface area contributed by atoms with E-state index >= 15 is 0 Å². The van der Waals surface area contributed by atoms with Crippen molar-refractivity contribution < 1.29 is 4.42 Å². The highest BCUT2D eigenvalue weighted by Crippen LogP contribution is 2.29. The van der Waals surface area contributed by atoms with E-state index < -0.39 is 0 Å². The van der Waals surface area contributed by atoms with Crippen LogP contribution in [0, 0.1) is 22.7 Å². The Bertz CT molecular complexity index is 913. The zero-order chi connectivity index (χ0) is 16.1. The Morgan fingerprint density at radius 3 is 2.65 bits per heavy atom. The number of benzene rings is 1. The lowest BCUT2D eigenvalue weighted by Crippen LogP contribution is -1.97. The van der Waals surface area contributed by atoms with E-state index in [1.807, 2.05) is 30.3 Å². The Hall–Kier alpha value is -3.36. The number of aromatic nitrogens is 4. The van der Waals surface area contributed by atoms with Crippen LogP contribution in [0.2, 0.25) is 0 Å². The number of nitrogens with zero attached hydrogens (tertiary/aromatic N) is 6. The minimum atomic E-state index is -0.0231. The molecule has 0 radical (unpaired) electrons. The lowest BCUT2D eigenvalue weighted by molar-refractivity contribution is 0.465. The molecule has 8 heteroatoms. The number of furan rings is 1. The maximum atomic E-state index is 8.75. The van der Waals surface area contributed by atoms with Gasteiger partial charge in [0.1, 0.15) is 23.5 Å². The summed E-state index contributed by atoms with van der Waals surface area (Å²) >= 11 is 1.24. The summed E-state index contributed by atoms with van der Waals surface area (Å²) in [7, 11) is 0. The quantitative estimate of drug-likeness (QED) is 0.680. The molecule has 110 valence electrons. The fourth-order valence-corrected chi connectivity index (χ4v) is 2.52. The van der Waals surface area contributed by atoms with Gasteiger partial charge in [0.05, 0.1) is 5.69 Å². The van der Waals surface area contributed by atoms with Crippen LogP contribution in [0.15, 0.2) is 62.7 Å². The molecule has 0 spiro atoms. The summed E-state index contributed by atoms with van der Waals surface area (Å²) in [6.45, 7) is 0. The minimum absolute atomic E-state index is 0.0231. The summed E-state index contributed by atoms with van der Waals surface area (Å²) in [5, 5.41) is 30.2. The van der Waals surface area contributed by atoms with Gasteiger partial charge in [-0.15, -0.1) is 5.10 Å². The molecule has 2 heterocycles. The molecule has 0 saturated heterocycles. The highest BCUT2D eigenvalue weighted by Gasteiger charge is 2.12. The number of nitriles is 2. The lowest BCUT2D eigenvalue weighted by Gasteiger charge is -2.01. The van der Waals surface area contributed by atoms with Crippen molar-refractivity contribution in [3.8, 4) is 17.8 Å². The third kappa shape index (κ3) is 3.28. The second kappa shape index (κ2) is 6.60. The fraction of sp³-hybridized carbons (Fsp3) is 0. The Labute approximate surface area is 135 Å². The standard InChI is InChI=1S/C15H8N6OS/c16-9-11(10-17)8-13-6-7-14(22-13)23-15-18-19-20-21(15)12-4-2-1-3-5-12/h1-8H. The first-order valence-electron chi connectivity index (χ1n) is 6.43. The van der Waals surface area contributed by atoms with Gasteiger partial charge in [-0.25, -0.2) is 0 Å². The van der Waals surface area contributed by atoms with E-state index in [4.69, 9.17) is 14.9 Å². The number of hydrogen-bond donors (Lipinski definition) is 0. The SMILES string of the molecule is N#CC(C#N)=Cc1ccc(Sc2nnnn2-c2ccccc2)o1. The van der Waals surface area contributed by atoms with Crippen molar-refractivity contribution in [3.05, 3.63) is 53.8 Å². The van der Waals surface area contributed by atoms with Crippen molar-refractivity contribution in [3.63, 3.8) is 0 Å². The van der Waals surface area contributed by atoms with Crippen molar-refractivity contribution in [1.29, 1.82) is 10.5 Å². The normalized spacial score (nSPS) is 9.83. The average molecular weight is 320 g/mol. The van der Waals surface area contributed by atoms with Crippen LogP contribution in [-0.4, -0.2) is 20.2 Å². The summed E-state index contributed by atoms with van der Waals surface area (Å²) in [6, 6.07) is 16.5. The van der Waals surface area contributed by atoms with Gasteiger partial charge in [0.25, 0.3) is 0 Å². The van der Waals surface area contributed by atoms with Gasteiger partial charge >= 0.3 is 0 Å². The van der Waals surface area contributed by atoms with Crippen LogP contribution in [-0.2, 0) is 0 Å². The van der Waals surface area contributed by atoms with Crippen molar-refractivity contribution >= 4 is 17.8 Å². The van der Waals surface area contributed by atoms with Crippen LogP contribution in [0.1, 0.15) is 5.76 Å². The second-order valence-electron chi connectivity index (χ2n) is 4.25. The molecule has 0 aliphatic carbocycles. The van der Waals surface area contributed by atoms with E-state index in [-0.39, 0.29) is 5.57 Å². The largest absolute Gasteiger partial charge is 0.450 e. The molecule has 0 amide bonds. The highest BCUT2D eigenvalue weighted by atomic mass is 32.2. The molecule has 7 nitrogen and oxygen atoms in total. The summed E-state index contributed by atoms with van der Waals surface area (Å²) in [5.74, 6) is 0.421. The van der Waals surface area contributed by atoms with Gasteiger partial charge < -0.3 is 4.42 Å².